The molecule has 1 aliphatic rings. The van der Waals surface area contributed by atoms with Crippen molar-refractivity contribution in [3.05, 3.63) is 29.3 Å². The van der Waals surface area contributed by atoms with Crippen LogP contribution in [0.3, 0.4) is 0 Å². The summed E-state index contributed by atoms with van der Waals surface area (Å²) in [6.07, 6.45) is 6.27. The SMILES string of the molecule is COC1(C(O)CSc2cccc(Cl)c2)CCCCCC1. The Kier molecular flexibility index (Phi) is 6.21. The first-order chi connectivity index (χ1) is 9.66. The second kappa shape index (κ2) is 7.69. The monoisotopic (exact) mass is 314 g/mol. The second-order valence-electron chi connectivity index (χ2n) is 5.47. The summed E-state index contributed by atoms with van der Waals surface area (Å²) < 4.78 is 5.74. The molecule has 2 rings (SSSR count). The molecular formula is C16H23ClO2S. The fourth-order valence-electron chi connectivity index (χ4n) is 2.88. The Balaban J connectivity index is 1.96. The standard InChI is InChI=1S/C16H23ClO2S/c1-19-16(9-4-2-3-5-10-16)15(18)12-20-14-8-6-7-13(17)11-14/h6-8,11,15,18H,2-5,9-10,12H2,1H3. The maximum atomic E-state index is 10.6. The van der Waals surface area contributed by atoms with Crippen molar-refractivity contribution < 1.29 is 9.84 Å². The number of aliphatic hydroxyl groups excluding tert-OH is 1. The summed E-state index contributed by atoms with van der Waals surface area (Å²) in [6, 6.07) is 7.76. The number of hydrogen-bond donors (Lipinski definition) is 1. The van der Waals surface area contributed by atoms with Crippen molar-refractivity contribution in [3.63, 3.8) is 0 Å². The molecule has 0 amide bonds. The molecule has 112 valence electrons. The molecule has 1 N–H and O–H groups in total. The van der Waals surface area contributed by atoms with Crippen LogP contribution in [0, 0.1) is 0 Å². The smallest absolute Gasteiger partial charge is 0.0944 e. The molecule has 1 fully saturated rings. The summed E-state index contributed by atoms with van der Waals surface area (Å²) >= 11 is 7.63. The fourth-order valence-corrected chi connectivity index (χ4v) is 4.18. The quantitative estimate of drug-likeness (QED) is 0.639. The summed E-state index contributed by atoms with van der Waals surface area (Å²) in [5.41, 5.74) is -0.359. The van der Waals surface area contributed by atoms with Crippen LogP contribution in [0.25, 0.3) is 0 Å². The molecule has 1 aromatic rings. The Bertz CT molecular complexity index is 417. The van der Waals surface area contributed by atoms with E-state index in [1.807, 2.05) is 24.3 Å². The van der Waals surface area contributed by atoms with E-state index < -0.39 is 6.10 Å². The van der Waals surface area contributed by atoms with Crippen LogP contribution in [0.4, 0.5) is 0 Å². The number of thioether (sulfide) groups is 1. The first-order valence-electron chi connectivity index (χ1n) is 7.28. The normalized spacial score (nSPS) is 20.4. The molecule has 1 unspecified atom stereocenters. The van der Waals surface area contributed by atoms with E-state index in [1.54, 1.807) is 18.9 Å². The van der Waals surface area contributed by atoms with Crippen molar-refractivity contribution in [2.24, 2.45) is 0 Å². The topological polar surface area (TPSA) is 29.5 Å². The van der Waals surface area contributed by atoms with Gasteiger partial charge in [0.1, 0.15) is 0 Å². The summed E-state index contributed by atoms with van der Waals surface area (Å²) in [6.45, 7) is 0. The molecule has 1 aliphatic carbocycles. The van der Waals surface area contributed by atoms with Crippen LogP contribution in [0.5, 0.6) is 0 Å². The highest BCUT2D eigenvalue weighted by Crippen LogP contribution is 2.35. The van der Waals surface area contributed by atoms with Crippen LogP contribution in [0.2, 0.25) is 5.02 Å². The molecule has 1 saturated carbocycles. The van der Waals surface area contributed by atoms with E-state index >= 15 is 0 Å². The third-order valence-corrected chi connectivity index (χ3v) is 5.47. The van der Waals surface area contributed by atoms with E-state index in [4.69, 9.17) is 16.3 Å². The van der Waals surface area contributed by atoms with Crippen LogP contribution in [-0.2, 0) is 4.74 Å². The molecule has 0 aromatic heterocycles. The lowest BCUT2D eigenvalue weighted by Gasteiger charge is -2.36. The Morgan fingerprint density at radius 1 is 1.30 bits per heavy atom. The van der Waals surface area contributed by atoms with Gasteiger partial charge in [0.15, 0.2) is 0 Å². The highest BCUT2D eigenvalue weighted by atomic mass is 35.5. The fraction of sp³-hybridized carbons (Fsp3) is 0.625. The summed E-state index contributed by atoms with van der Waals surface area (Å²) in [7, 11) is 1.73. The largest absolute Gasteiger partial charge is 0.389 e. The van der Waals surface area contributed by atoms with Crippen LogP contribution < -0.4 is 0 Å². The van der Waals surface area contributed by atoms with Crippen LogP contribution >= 0.6 is 23.4 Å². The number of halogens is 1. The number of hydrogen-bond acceptors (Lipinski definition) is 3. The third kappa shape index (κ3) is 4.14. The first kappa shape index (κ1) is 16.2. The van der Waals surface area contributed by atoms with E-state index in [2.05, 4.69) is 0 Å². The zero-order chi connectivity index (χ0) is 14.4. The zero-order valence-corrected chi connectivity index (χ0v) is 13.6. The number of rotatable bonds is 5. The maximum absolute atomic E-state index is 10.6. The molecule has 0 saturated heterocycles. The van der Waals surface area contributed by atoms with Gasteiger partial charge in [0, 0.05) is 22.8 Å². The van der Waals surface area contributed by atoms with Crippen molar-refractivity contribution in [1.82, 2.24) is 0 Å². The molecule has 0 bridgehead atoms. The van der Waals surface area contributed by atoms with E-state index in [1.165, 1.54) is 12.8 Å². The molecule has 0 radical (unpaired) electrons. The summed E-state index contributed by atoms with van der Waals surface area (Å²) in [4.78, 5) is 1.09. The van der Waals surface area contributed by atoms with Gasteiger partial charge in [-0.1, -0.05) is 43.4 Å². The Morgan fingerprint density at radius 2 is 2.00 bits per heavy atom. The second-order valence-corrected chi connectivity index (χ2v) is 7.00. The molecule has 0 heterocycles. The maximum Gasteiger partial charge on any atom is 0.0944 e. The molecular weight excluding hydrogens is 292 g/mol. The van der Waals surface area contributed by atoms with Gasteiger partial charge in [0.05, 0.1) is 11.7 Å². The summed E-state index contributed by atoms with van der Waals surface area (Å²) in [5.74, 6) is 0.647. The van der Waals surface area contributed by atoms with Gasteiger partial charge in [0.2, 0.25) is 0 Å². The molecule has 2 nitrogen and oxygen atoms in total. The van der Waals surface area contributed by atoms with Crippen LogP contribution in [-0.4, -0.2) is 29.7 Å². The van der Waals surface area contributed by atoms with Gasteiger partial charge >= 0.3 is 0 Å². The van der Waals surface area contributed by atoms with Crippen LogP contribution in [0.15, 0.2) is 29.2 Å². The lowest BCUT2D eigenvalue weighted by Crippen LogP contribution is -2.45. The number of ether oxygens (including phenoxy) is 1. The van der Waals surface area contributed by atoms with Crippen LogP contribution in [0.1, 0.15) is 38.5 Å². The predicted octanol–water partition coefficient (Wildman–Crippen LogP) is 4.53. The minimum absolute atomic E-state index is 0.359. The number of benzene rings is 1. The minimum Gasteiger partial charge on any atom is -0.389 e. The van der Waals surface area contributed by atoms with Gasteiger partial charge in [-0.05, 0) is 31.0 Å². The molecule has 1 atom stereocenters. The molecule has 4 heteroatoms. The highest BCUT2D eigenvalue weighted by molar-refractivity contribution is 7.99. The number of methoxy groups -OCH3 is 1. The first-order valence-corrected chi connectivity index (χ1v) is 8.64. The predicted molar refractivity (Wildman–Crippen MR) is 85.6 cm³/mol. The Labute approximate surface area is 130 Å². The Morgan fingerprint density at radius 3 is 2.60 bits per heavy atom. The van der Waals surface area contributed by atoms with Crippen molar-refractivity contribution in [2.75, 3.05) is 12.9 Å². The van der Waals surface area contributed by atoms with Gasteiger partial charge in [-0.15, -0.1) is 11.8 Å². The van der Waals surface area contributed by atoms with Crippen molar-refractivity contribution in [1.29, 1.82) is 0 Å². The van der Waals surface area contributed by atoms with Crippen molar-refractivity contribution >= 4 is 23.4 Å². The number of aliphatic hydroxyl groups is 1. The molecule has 0 spiro atoms. The lowest BCUT2D eigenvalue weighted by molar-refractivity contribution is -0.102. The van der Waals surface area contributed by atoms with Gasteiger partial charge in [0.25, 0.3) is 0 Å². The average molecular weight is 315 g/mol. The van der Waals surface area contributed by atoms with Gasteiger partial charge in [-0.2, -0.15) is 0 Å². The third-order valence-electron chi connectivity index (χ3n) is 4.17. The summed E-state index contributed by atoms with van der Waals surface area (Å²) in [5, 5.41) is 11.3. The van der Waals surface area contributed by atoms with E-state index in [-0.39, 0.29) is 5.60 Å². The van der Waals surface area contributed by atoms with Gasteiger partial charge in [-0.3, -0.25) is 0 Å². The highest BCUT2D eigenvalue weighted by Gasteiger charge is 2.38. The average Bonchev–Trinajstić information content (AvgIpc) is 2.71. The molecule has 1 aromatic carbocycles. The van der Waals surface area contributed by atoms with Gasteiger partial charge in [-0.25, -0.2) is 0 Å². The lowest BCUT2D eigenvalue weighted by atomic mass is 9.89. The van der Waals surface area contributed by atoms with E-state index in [9.17, 15) is 5.11 Å². The van der Waals surface area contributed by atoms with Gasteiger partial charge < -0.3 is 9.84 Å². The molecule has 20 heavy (non-hydrogen) atoms. The van der Waals surface area contributed by atoms with Crippen molar-refractivity contribution in [3.8, 4) is 0 Å². The Hall–Kier alpha value is -0.220. The van der Waals surface area contributed by atoms with E-state index in [0.717, 1.165) is 35.6 Å². The van der Waals surface area contributed by atoms with E-state index in [0.29, 0.717) is 5.75 Å². The minimum atomic E-state index is -0.436. The van der Waals surface area contributed by atoms with Crippen molar-refractivity contribution in [2.45, 2.75) is 55.1 Å². The zero-order valence-electron chi connectivity index (χ0n) is 12.0. The molecule has 0 aliphatic heterocycles.